The molecule has 6 heteroatoms. The number of fused-ring (bicyclic) bond motifs is 1. The number of amides is 1. The number of benzene rings is 1. The molecule has 0 fully saturated rings. The SMILES string of the molecule is CC[C@H](Sc1nc2ncccc2o1)C(=O)Nc1ccc(C(C)C)cc1. The van der Waals surface area contributed by atoms with E-state index in [1.54, 1.807) is 12.3 Å². The average molecular weight is 355 g/mol. The second-order valence-electron chi connectivity index (χ2n) is 6.09. The number of hydrogen-bond donors (Lipinski definition) is 1. The Labute approximate surface area is 151 Å². The van der Waals surface area contributed by atoms with Crippen molar-refractivity contribution in [2.45, 2.75) is 43.6 Å². The monoisotopic (exact) mass is 355 g/mol. The summed E-state index contributed by atoms with van der Waals surface area (Å²) in [7, 11) is 0. The fraction of sp³-hybridized carbons (Fsp3) is 0.316. The minimum atomic E-state index is -0.280. The van der Waals surface area contributed by atoms with Crippen molar-refractivity contribution < 1.29 is 9.21 Å². The average Bonchev–Trinajstić information content (AvgIpc) is 3.02. The lowest BCUT2D eigenvalue weighted by molar-refractivity contribution is -0.115. The van der Waals surface area contributed by atoms with Gasteiger partial charge >= 0.3 is 0 Å². The molecule has 0 spiro atoms. The summed E-state index contributed by atoms with van der Waals surface area (Å²) in [4.78, 5) is 21.0. The van der Waals surface area contributed by atoms with Crippen molar-refractivity contribution in [3.8, 4) is 0 Å². The highest BCUT2D eigenvalue weighted by molar-refractivity contribution is 8.00. The fourth-order valence-corrected chi connectivity index (χ4v) is 3.27. The van der Waals surface area contributed by atoms with Gasteiger partial charge < -0.3 is 9.73 Å². The predicted octanol–water partition coefficient (Wildman–Crippen LogP) is 4.86. The van der Waals surface area contributed by atoms with E-state index in [-0.39, 0.29) is 11.2 Å². The molecule has 130 valence electrons. The van der Waals surface area contributed by atoms with Crippen molar-refractivity contribution in [3.05, 3.63) is 48.2 Å². The van der Waals surface area contributed by atoms with Crippen LogP contribution in [0.1, 0.15) is 38.7 Å². The smallest absolute Gasteiger partial charge is 0.259 e. The predicted molar refractivity (Wildman–Crippen MR) is 101 cm³/mol. The van der Waals surface area contributed by atoms with Gasteiger partial charge in [-0.2, -0.15) is 4.98 Å². The number of pyridine rings is 1. The Hall–Kier alpha value is -2.34. The molecule has 3 aromatic rings. The molecule has 0 saturated heterocycles. The number of nitrogens with one attached hydrogen (secondary N) is 1. The molecule has 5 nitrogen and oxygen atoms in total. The van der Waals surface area contributed by atoms with Gasteiger partial charge in [0.05, 0.1) is 5.25 Å². The van der Waals surface area contributed by atoms with Crippen molar-refractivity contribution in [2.24, 2.45) is 0 Å². The third kappa shape index (κ3) is 4.20. The zero-order chi connectivity index (χ0) is 17.8. The molecule has 1 atom stereocenters. The lowest BCUT2D eigenvalue weighted by Gasteiger charge is -2.13. The molecule has 0 bridgehead atoms. The highest BCUT2D eigenvalue weighted by Crippen LogP contribution is 2.28. The van der Waals surface area contributed by atoms with E-state index in [2.05, 4.69) is 29.1 Å². The number of nitrogens with zero attached hydrogens (tertiary/aromatic N) is 2. The van der Waals surface area contributed by atoms with Crippen LogP contribution in [0.3, 0.4) is 0 Å². The summed E-state index contributed by atoms with van der Waals surface area (Å²) in [6, 6.07) is 11.6. The molecule has 1 amide bonds. The molecule has 0 radical (unpaired) electrons. The molecule has 1 aromatic carbocycles. The maximum absolute atomic E-state index is 12.6. The first-order chi connectivity index (χ1) is 12.1. The van der Waals surface area contributed by atoms with E-state index in [0.29, 0.717) is 28.8 Å². The van der Waals surface area contributed by atoms with E-state index in [0.717, 1.165) is 5.69 Å². The molecule has 2 aromatic heterocycles. The highest BCUT2D eigenvalue weighted by Gasteiger charge is 2.21. The molecule has 25 heavy (non-hydrogen) atoms. The van der Waals surface area contributed by atoms with Crippen molar-refractivity contribution in [1.82, 2.24) is 9.97 Å². The summed E-state index contributed by atoms with van der Waals surface area (Å²) < 4.78 is 5.65. The van der Waals surface area contributed by atoms with Gasteiger partial charge in [-0.3, -0.25) is 4.79 Å². The quantitative estimate of drug-likeness (QED) is 0.640. The third-order valence-corrected chi connectivity index (χ3v) is 5.10. The summed E-state index contributed by atoms with van der Waals surface area (Å²) in [6.45, 7) is 6.26. The Bertz CT molecular complexity index is 825. The van der Waals surface area contributed by atoms with Crippen LogP contribution < -0.4 is 5.32 Å². The Morgan fingerprint density at radius 2 is 2.00 bits per heavy atom. The molecule has 0 saturated carbocycles. The first-order valence-corrected chi connectivity index (χ1v) is 9.23. The number of anilines is 1. The number of carbonyl (C=O) groups is 1. The van der Waals surface area contributed by atoms with Gasteiger partial charge in [0.15, 0.2) is 11.2 Å². The van der Waals surface area contributed by atoms with E-state index < -0.39 is 0 Å². The Morgan fingerprint density at radius 3 is 2.64 bits per heavy atom. The Balaban J connectivity index is 1.68. The van der Waals surface area contributed by atoms with Crippen LogP contribution in [-0.4, -0.2) is 21.1 Å². The van der Waals surface area contributed by atoms with Gasteiger partial charge in [-0.25, -0.2) is 4.98 Å². The zero-order valence-corrected chi connectivity index (χ0v) is 15.3. The van der Waals surface area contributed by atoms with Crippen LogP contribution >= 0.6 is 11.8 Å². The number of aromatic nitrogens is 2. The largest absolute Gasteiger partial charge is 0.430 e. The summed E-state index contributed by atoms with van der Waals surface area (Å²) in [5, 5.41) is 3.15. The number of hydrogen-bond acceptors (Lipinski definition) is 5. The molecule has 2 heterocycles. The number of rotatable bonds is 6. The van der Waals surface area contributed by atoms with Crippen molar-refractivity contribution in [3.63, 3.8) is 0 Å². The van der Waals surface area contributed by atoms with Gasteiger partial charge in [-0.15, -0.1) is 0 Å². The highest BCUT2D eigenvalue weighted by atomic mass is 32.2. The number of thioether (sulfide) groups is 1. The molecular weight excluding hydrogens is 334 g/mol. The van der Waals surface area contributed by atoms with Crippen LogP contribution in [0.4, 0.5) is 5.69 Å². The number of oxazole rings is 1. The lowest BCUT2D eigenvalue weighted by Crippen LogP contribution is -2.24. The minimum Gasteiger partial charge on any atom is -0.430 e. The van der Waals surface area contributed by atoms with Crippen LogP contribution in [0, 0.1) is 0 Å². The summed E-state index contributed by atoms with van der Waals surface area (Å²) in [5.41, 5.74) is 3.24. The number of carbonyl (C=O) groups excluding carboxylic acids is 1. The molecule has 0 aliphatic rings. The normalized spacial score (nSPS) is 12.5. The van der Waals surface area contributed by atoms with Gasteiger partial charge in [-0.1, -0.05) is 44.7 Å². The van der Waals surface area contributed by atoms with E-state index in [1.165, 1.54) is 17.3 Å². The molecule has 0 unspecified atom stereocenters. The van der Waals surface area contributed by atoms with Crippen molar-refractivity contribution in [2.75, 3.05) is 5.32 Å². The van der Waals surface area contributed by atoms with Gasteiger partial charge in [0.25, 0.3) is 5.22 Å². The molecule has 1 N–H and O–H groups in total. The summed E-state index contributed by atoms with van der Waals surface area (Å²) in [6.07, 6.45) is 2.34. The van der Waals surface area contributed by atoms with Crippen LogP contribution in [0.25, 0.3) is 11.2 Å². The maximum atomic E-state index is 12.6. The summed E-state index contributed by atoms with van der Waals surface area (Å²) in [5.74, 6) is 0.413. The topological polar surface area (TPSA) is 68.0 Å². The van der Waals surface area contributed by atoms with Gasteiger partial charge in [-0.05, 0) is 42.2 Å². The van der Waals surface area contributed by atoms with Crippen LogP contribution in [-0.2, 0) is 4.79 Å². The van der Waals surface area contributed by atoms with E-state index in [4.69, 9.17) is 4.42 Å². The van der Waals surface area contributed by atoms with Gasteiger partial charge in [0.2, 0.25) is 5.91 Å². The van der Waals surface area contributed by atoms with Crippen LogP contribution in [0.5, 0.6) is 0 Å². The van der Waals surface area contributed by atoms with Crippen LogP contribution in [0.15, 0.2) is 52.2 Å². The van der Waals surface area contributed by atoms with Crippen molar-refractivity contribution in [1.29, 1.82) is 0 Å². The second kappa shape index (κ2) is 7.70. The molecular formula is C19H21N3O2S. The minimum absolute atomic E-state index is 0.0555. The molecule has 3 rings (SSSR count). The fourth-order valence-electron chi connectivity index (χ4n) is 2.42. The van der Waals surface area contributed by atoms with Crippen molar-refractivity contribution >= 4 is 34.6 Å². The lowest BCUT2D eigenvalue weighted by atomic mass is 10.0. The Kier molecular flexibility index (Phi) is 5.38. The first-order valence-electron chi connectivity index (χ1n) is 8.36. The zero-order valence-electron chi connectivity index (χ0n) is 14.5. The molecule has 0 aliphatic carbocycles. The standard InChI is InChI=1S/C19H21N3O2S/c1-4-16(25-19-22-17-15(24-19)6-5-11-20-17)18(23)21-14-9-7-13(8-10-14)12(2)3/h5-12,16H,4H2,1-3H3,(H,21,23)/t16-/m0/s1. The third-order valence-electron chi connectivity index (χ3n) is 3.90. The van der Waals surface area contributed by atoms with Gasteiger partial charge in [0, 0.05) is 11.9 Å². The van der Waals surface area contributed by atoms with Gasteiger partial charge in [0.1, 0.15) is 0 Å². The Morgan fingerprint density at radius 1 is 1.24 bits per heavy atom. The summed E-state index contributed by atoms with van der Waals surface area (Å²) >= 11 is 1.32. The second-order valence-corrected chi connectivity index (χ2v) is 7.24. The first kappa shape index (κ1) is 17.5. The maximum Gasteiger partial charge on any atom is 0.259 e. The van der Waals surface area contributed by atoms with Crippen LogP contribution in [0.2, 0.25) is 0 Å². The molecule has 0 aliphatic heterocycles. The van der Waals surface area contributed by atoms with E-state index >= 15 is 0 Å². The van der Waals surface area contributed by atoms with E-state index in [1.807, 2.05) is 37.3 Å². The van der Waals surface area contributed by atoms with E-state index in [9.17, 15) is 4.79 Å².